The van der Waals surface area contributed by atoms with Gasteiger partial charge in [0.2, 0.25) is 6.10 Å². The van der Waals surface area contributed by atoms with Crippen LogP contribution in [0.15, 0.2) is 72.1 Å². The maximum absolute atomic E-state index is 13.6. The molecule has 0 bridgehead atoms. The normalized spacial score (nSPS) is 12.2. The predicted molar refractivity (Wildman–Crippen MR) is 111 cm³/mol. The number of nitrogens with two attached hydrogens (primary N) is 1. The molecule has 9 heteroatoms. The maximum Gasteiger partial charge on any atom is 0.268 e. The molecule has 0 spiro atoms. The van der Waals surface area contributed by atoms with Gasteiger partial charge in [-0.25, -0.2) is 8.78 Å². The second-order valence-corrected chi connectivity index (χ2v) is 6.51. The van der Waals surface area contributed by atoms with Gasteiger partial charge in [0.1, 0.15) is 24.0 Å². The van der Waals surface area contributed by atoms with Crippen LogP contribution in [0.25, 0.3) is 0 Å². The summed E-state index contributed by atoms with van der Waals surface area (Å²) in [6.45, 7) is 1.80. The SMILES string of the molecule is CC(ON=C(N)c1ccc(OCc2cccnc2)cc1)C(=O)Nc1ccc(F)cc1F. The van der Waals surface area contributed by atoms with Crippen LogP contribution in [0, 0.1) is 11.6 Å². The number of amides is 1. The van der Waals surface area contributed by atoms with Gasteiger partial charge in [-0.15, -0.1) is 0 Å². The Morgan fingerprint density at radius 3 is 2.65 bits per heavy atom. The van der Waals surface area contributed by atoms with Gasteiger partial charge in [-0.05, 0) is 49.4 Å². The van der Waals surface area contributed by atoms with Crippen molar-refractivity contribution >= 4 is 17.4 Å². The minimum absolute atomic E-state index is 0.0476. The number of hydrogen-bond acceptors (Lipinski definition) is 5. The number of pyridine rings is 1. The van der Waals surface area contributed by atoms with Crippen molar-refractivity contribution in [3.05, 3.63) is 89.8 Å². The first-order chi connectivity index (χ1) is 14.9. The Morgan fingerprint density at radius 2 is 1.97 bits per heavy atom. The van der Waals surface area contributed by atoms with Gasteiger partial charge in [0.05, 0.1) is 5.69 Å². The Bertz CT molecular complexity index is 1060. The molecule has 2 aromatic carbocycles. The lowest BCUT2D eigenvalue weighted by molar-refractivity contribution is -0.126. The van der Waals surface area contributed by atoms with Gasteiger partial charge in [0.15, 0.2) is 5.84 Å². The number of hydrogen-bond donors (Lipinski definition) is 2. The number of carbonyl (C=O) groups excluding carboxylic acids is 1. The number of benzene rings is 2. The number of halogens is 2. The average molecular weight is 426 g/mol. The number of amidine groups is 1. The van der Waals surface area contributed by atoms with Crippen LogP contribution < -0.4 is 15.8 Å². The Labute approximate surface area is 177 Å². The van der Waals surface area contributed by atoms with Gasteiger partial charge in [0.25, 0.3) is 5.91 Å². The van der Waals surface area contributed by atoms with Crippen LogP contribution >= 0.6 is 0 Å². The van der Waals surface area contributed by atoms with E-state index in [-0.39, 0.29) is 11.5 Å². The molecule has 0 saturated carbocycles. The van der Waals surface area contributed by atoms with E-state index in [4.69, 9.17) is 15.3 Å². The lowest BCUT2D eigenvalue weighted by Gasteiger charge is -2.12. The quantitative estimate of drug-likeness (QED) is 0.326. The fraction of sp³-hybridized carbons (Fsp3) is 0.136. The van der Waals surface area contributed by atoms with Crippen molar-refractivity contribution in [2.45, 2.75) is 19.6 Å². The molecule has 1 unspecified atom stereocenters. The highest BCUT2D eigenvalue weighted by Crippen LogP contribution is 2.16. The molecule has 0 saturated heterocycles. The summed E-state index contributed by atoms with van der Waals surface area (Å²) in [5.74, 6) is -1.62. The zero-order valence-corrected chi connectivity index (χ0v) is 16.6. The van der Waals surface area contributed by atoms with Crippen molar-refractivity contribution in [2.24, 2.45) is 10.9 Å². The summed E-state index contributed by atoms with van der Waals surface area (Å²) in [5.41, 5.74) is 7.23. The van der Waals surface area contributed by atoms with Crippen LogP contribution in [0.5, 0.6) is 5.75 Å². The van der Waals surface area contributed by atoms with E-state index < -0.39 is 23.6 Å². The van der Waals surface area contributed by atoms with Crippen molar-refractivity contribution in [3.8, 4) is 5.75 Å². The van der Waals surface area contributed by atoms with E-state index in [0.717, 1.165) is 17.7 Å². The molecular formula is C22H20F2N4O3. The molecule has 1 amide bonds. The number of rotatable bonds is 8. The Hall–Kier alpha value is -4.01. The van der Waals surface area contributed by atoms with E-state index in [9.17, 15) is 13.6 Å². The second-order valence-electron chi connectivity index (χ2n) is 6.51. The van der Waals surface area contributed by atoms with Gasteiger partial charge in [-0.3, -0.25) is 9.78 Å². The largest absolute Gasteiger partial charge is 0.489 e. The van der Waals surface area contributed by atoms with Gasteiger partial charge >= 0.3 is 0 Å². The number of anilines is 1. The highest BCUT2D eigenvalue weighted by Gasteiger charge is 2.17. The zero-order valence-electron chi connectivity index (χ0n) is 16.6. The molecule has 3 rings (SSSR count). The Kier molecular flexibility index (Phi) is 7.10. The highest BCUT2D eigenvalue weighted by atomic mass is 19.1. The van der Waals surface area contributed by atoms with Crippen LogP contribution in [-0.4, -0.2) is 22.8 Å². The fourth-order valence-electron chi connectivity index (χ4n) is 2.43. The average Bonchev–Trinajstić information content (AvgIpc) is 2.78. The Balaban J connectivity index is 1.53. The molecule has 0 aliphatic carbocycles. The number of nitrogens with one attached hydrogen (secondary N) is 1. The van der Waals surface area contributed by atoms with Gasteiger partial charge in [0, 0.05) is 29.6 Å². The van der Waals surface area contributed by atoms with E-state index in [0.29, 0.717) is 24.0 Å². The third kappa shape index (κ3) is 6.23. The van der Waals surface area contributed by atoms with Crippen molar-refractivity contribution in [3.63, 3.8) is 0 Å². The molecule has 0 aliphatic heterocycles. The van der Waals surface area contributed by atoms with Crippen LogP contribution in [0.3, 0.4) is 0 Å². The van der Waals surface area contributed by atoms with Crippen LogP contribution in [0.2, 0.25) is 0 Å². The van der Waals surface area contributed by atoms with E-state index in [1.165, 1.54) is 6.92 Å². The van der Waals surface area contributed by atoms with Crippen LogP contribution in [-0.2, 0) is 16.2 Å². The topological polar surface area (TPSA) is 98.8 Å². The molecule has 31 heavy (non-hydrogen) atoms. The highest BCUT2D eigenvalue weighted by molar-refractivity contribution is 5.97. The van der Waals surface area contributed by atoms with E-state index >= 15 is 0 Å². The molecule has 1 atom stereocenters. The minimum Gasteiger partial charge on any atom is -0.489 e. The van der Waals surface area contributed by atoms with Gasteiger partial charge < -0.3 is 20.6 Å². The standard InChI is InChI=1S/C22H20F2N4O3/c1-14(22(29)27-20-9-6-17(23)11-19(20)24)31-28-21(25)16-4-7-18(8-5-16)30-13-15-3-2-10-26-12-15/h2-12,14H,13H2,1H3,(H2,25,28)(H,27,29). The van der Waals surface area contributed by atoms with Crippen molar-refractivity contribution in [1.82, 2.24) is 4.98 Å². The summed E-state index contributed by atoms with van der Waals surface area (Å²) < 4.78 is 32.2. The molecule has 3 aromatic rings. The zero-order chi connectivity index (χ0) is 22.2. The number of nitrogens with zero attached hydrogens (tertiary/aromatic N) is 2. The fourth-order valence-corrected chi connectivity index (χ4v) is 2.43. The molecule has 0 radical (unpaired) electrons. The number of aromatic nitrogens is 1. The molecule has 1 heterocycles. The lowest BCUT2D eigenvalue weighted by atomic mass is 10.2. The monoisotopic (exact) mass is 426 g/mol. The Morgan fingerprint density at radius 1 is 1.19 bits per heavy atom. The first-order valence-electron chi connectivity index (χ1n) is 9.29. The van der Waals surface area contributed by atoms with Gasteiger partial charge in [-0.2, -0.15) is 0 Å². The summed E-state index contributed by atoms with van der Waals surface area (Å²) in [5, 5.41) is 6.05. The summed E-state index contributed by atoms with van der Waals surface area (Å²) >= 11 is 0. The summed E-state index contributed by atoms with van der Waals surface area (Å²) in [7, 11) is 0. The summed E-state index contributed by atoms with van der Waals surface area (Å²) in [4.78, 5) is 21.2. The van der Waals surface area contributed by atoms with E-state index in [2.05, 4.69) is 15.5 Å². The van der Waals surface area contributed by atoms with Crippen LogP contribution in [0.4, 0.5) is 14.5 Å². The maximum atomic E-state index is 13.6. The van der Waals surface area contributed by atoms with E-state index in [1.54, 1.807) is 36.7 Å². The van der Waals surface area contributed by atoms with E-state index in [1.807, 2.05) is 12.1 Å². The first kappa shape index (κ1) is 21.7. The van der Waals surface area contributed by atoms with Crippen molar-refractivity contribution < 1.29 is 23.1 Å². The van der Waals surface area contributed by atoms with Gasteiger partial charge in [-0.1, -0.05) is 11.2 Å². The lowest BCUT2D eigenvalue weighted by Crippen LogP contribution is -2.28. The van der Waals surface area contributed by atoms with Crippen molar-refractivity contribution in [2.75, 3.05) is 5.32 Å². The number of carbonyl (C=O) groups is 1. The van der Waals surface area contributed by atoms with Crippen molar-refractivity contribution in [1.29, 1.82) is 0 Å². The molecular weight excluding hydrogens is 406 g/mol. The smallest absolute Gasteiger partial charge is 0.268 e. The molecule has 160 valence electrons. The third-order valence-electron chi connectivity index (χ3n) is 4.15. The van der Waals surface area contributed by atoms with Crippen LogP contribution in [0.1, 0.15) is 18.1 Å². The third-order valence-corrected chi connectivity index (χ3v) is 4.15. The summed E-state index contributed by atoms with van der Waals surface area (Å²) in [6.07, 6.45) is 2.34. The minimum atomic E-state index is -1.06. The molecule has 0 aliphatic rings. The predicted octanol–water partition coefficient (Wildman–Crippen LogP) is 3.60. The molecule has 1 aromatic heterocycles. The molecule has 7 nitrogen and oxygen atoms in total. The summed E-state index contributed by atoms with van der Waals surface area (Å²) in [6, 6.07) is 13.4. The first-order valence-corrected chi connectivity index (χ1v) is 9.29. The molecule has 0 fully saturated rings. The number of oxime groups is 1. The second kappa shape index (κ2) is 10.1. The number of ether oxygens (including phenoxy) is 1. The molecule has 3 N–H and O–H groups in total.